The number of fused-ring (bicyclic) bond motifs is 6. The largest absolute Gasteiger partial charge is 0.307 e. The molecule has 0 radical (unpaired) electrons. The van der Waals surface area contributed by atoms with Crippen molar-refractivity contribution in [3.05, 3.63) is 232 Å². The number of hydrogen-bond donors (Lipinski definition) is 0. The maximum absolute atomic E-state index is 10.4. The molecule has 4 heteroatoms. The zero-order chi connectivity index (χ0) is 49.5. The highest BCUT2D eigenvalue weighted by Gasteiger charge is 2.24. The van der Waals surface area contributed by atoms with Gasteiger partial charge in [0, 0.05) is 27.1 Å². The van der Waals surface area contributed by atoms with E-state index < -0.39 is 0 Å². The second-order valence-corrected chi connectivity index (χ2v) is 20.1. The van der Waals surface area contributed by atoms with E-state index >= 15 is 0 Å². The zero-order valence-electron chi connectivity index (χ0n) is 42.1. The first-order chi connectivity index (χ1) is 34.9. The normalized spacial score (nSPS) is 11.6. The van der Waals surface area contributed by atoms with Gasteiger partial charge in [0.1, 0.15) is 0 Å². The Kier molecular flexibility index (Phi) is 10.7. The van der Waals surface area contributed by atoms with Gasteiger partial charge in [-0.3, -0.25) is 4.98 Å². The first kappa shape index (κ1) is 44.4. The molecule has 0 aliphatic heterocycles. The third-order valence-electron chi connectivity index (χ3n) is 15.0. The highest BCUT2D eigenvalue weighted by molar-refractivity contribution is 6.14. The van der Waals surface area contributed by atoms with E-state index in [1.165, 1.54) is 89.0 Å². The van der Waals surface area contributed by atoms with Crippen LogP contribution >= 0.6 is 0 Å². The van der Waals surface area contributed by atoms with Crippen molar-refractivity contribution >= 4 is 43.6 Å². The number of aryl methyl sites for hydroxylation is 8. The van der Waals surface area contributed by atoms with Gasteiger partial charge in [-0.15, -0.1) is 0 Å². The van der Waals surface area contributed by atoms with Gasteiger partial charge < -0.3 is 9.13 Å². The maximum Gasteiger partial charge on any atom is 0.0991 e. The predicted molar refractivity (Wildman–Crippen MR) is 303 cm³/mol. The fraction of sp³-hybridized carbons (Fsp3) is 0.118. The van der Waals surface area contributed by atoms with E-state index in [0.717, 1.165) is 66.1 Å². The molecule has 0 aliphatic rings. The van der Waals surface area contributed by atoms with Crippen LogP contribution in [-0.4, -0.2) is 14.1 Å². The van der Waals surface area contributed by atoms with Crippen LogP contribution in [0.25, 0.3) is 111 Å². The molecule has 4 nitrogen and oxygen atoms in total. The summed E-state index contributed by atoms with van der Waals surface area (Å²) in [4.78, 5) is 5.19. The monoisotopic (exact) mass is 926 g/mol. The van der Waals surface area contributed by atoms with Crippen LogP contribution in [0, 0.1) is 66.7 Å². The summed E-state index contributed by atoms with van der Waals surface area (Å²) in [5.41, 5.74) is 28.2. The van der Waals surface area contributed by atoms with Crippen molar-refractivity contribution in [2.24, 2.45) is 0 Å². The summed E-state index contributed by atoms with van der Waals surface area (Å²) < 4.78 is 4.80. The molecular formula is C68H54N4. The molecule has 3 heterocycles. The van der Waals surface area contributed by atoms with E-state index in [9.17, 15) is 5.26 Å². The Morgan fingerprint density at radius 2 is 0.681 bits per heavy atom. The lowest BCUT2D eigenvalue weighted by atomic mass is 9.95. The molecule has 0 aliphatic carbocycles. The molecule has 0 fully saturated rings. The topological polar surface area (TPSA) is 46.5 Å². The molecule has 0 N–H and O–H groups in total. The molecule has 346 valence electrons. The van der Waals surface area contributed by atoms with Crippen molar-refractivity contribution in [1.29, 1.82) is 5.26 Å². The molecule has 0 saturated heterocycles. The summed E-state index contributed by atoms with van der Waals surface area (Å²) >= 11 is 0. The molecule has 0 unspecified atom stereocenters. The Morgan fingerprint density at radius 3 is 0.986 bits per heavy atom. The summed E-state index contributed by atoms with van der Waals surface area (Å²) in [5, 5.41) is 15.1. The summed E-state index contributed by atoms with van der Waals surface area (Å²) in [6, 6.07) is 65.1. The highest BCUT2D eigenvalue weighted by atomic mass is 15.0. The zero-order valence-corrected chi connectivity index (χ0v) is 42.1. The van der Waals surface area contributed by atoms with Crippen molar-refractivity contribution in [1.82, 2.24) is 14.1 Å². The third kappa shape index (κ3) is 7.40. The Morgan fingerprint density at radius 1 is 0.347 bits per heavy atom. The van der Waals surface area contributed by atoms with Gasteiger partial charge in [-0.1, -0.05) is 131 Å². The number of hydrogen-bond acceptors (Lipinski definition) is 2. The number of nitriles is 1. The Balaban J connectivity index is 1.17. The fourth-order valence-electron chi connectivity index (χ4n) is 11.6. The minimum Gasteiger partial charge on any atom is -0.307 e. The molecule has 12 rings (SSSR count). The number of aromatic nitrogens is 3. The van der Waals surface area contributed by atoms with Crippen molar-refractivity contribution in [2.75, 3.05) is 0 Å². The second-order valence-electron chi connectivity index (χ2n) is 20.1. The van der Waals surface area contributed by atoms with Crippen molar-refractivity contribution in [2.45, 2.75) is 55.4 Å². The number of pyridine rings is 1. The van der Waals surface area contributed by atoms with E-state index in [0.29, 0.717) is 5.56 Å². The molecule has 0 saturated carbocycles. The molecule has 0 spiro atoms. The second kappa shape index (κ2) is 17.3. The summed E-state index contributed by atoms with van der Waals surface area (Å²) in [5.74, 6) is 0. The Labute approximate surface area is 421 Å². The van der Waals surface area contributed by atoms with Crippen LogP contribution in [0.2, 0.25) is 0 Å². The molecule has 3 aromatic heterocycles. The van der Waals surface area contributed by atoms with E-state index in [1.54, 1.807) is 0 Å². The standard InChI is InChI=1S/C68H54N4/c1-40-12-20-54(44(5)28-40)49-16-24-62-58(33-49)59-34-50(55-21-13-41(2)29-45(55)6)17-25-63(59)71(62)66-38-70-39-67(68(66)53-11-9-10-48(32-53)37-69)72-64-26-18-51(56-22-14-42(3)30-46(56)7)35-60(64)61-36-52(19-27-65(61)72)57-23-15-43(4)31-47(57)8/h9-36,38-39H,1-8H3. The number of nitrogens with zero attached hydrogens (tertiary/aromatic N) is 4. The van der Waals surface area contributed by atoms with Crippen molar-refractivity contribution in [3.8, 4) is 73.1 Å². The summed E-state index contributed by atoms with van der Waals surface area (Å²) in [7, 11) is 0. The third-order valence-corrected chi connectivity index (χ3v) is 15.0. The Bertz CT molecular complexity index is 3800. The van der Waals surface area contributed by atoms with Gasteiger partial charge in [0.25, 0.3) is 0 Å². The maximum atomic E-state index is 10.4. The van der Waals surface area contributed by atoms with E-state index in [4.69, 9.17) is 4.98 Å². The van der Waals surface area contributed by atoms with E-state index in [-0.39, 0.29) is 0 Å². The van der Waals surface area contributed by atoms with Gasteiger partial charge in [-0.05, 0) is 188 Å². The van der Waals surface area contributed by atoms with Gasteiger partial charge in [-0.2, -0.15) is 5.26 Å². The quantitative estimate of drug-likeness (QED) is 0.160. The van der Waals surface area contributed by atoms with Gasteiger partial charge in [0.05, 0.1) is 57.5 Å². The van der Waals surface area contributed by atoms with Crippen molar-refractivity contribution in [3.63, 3.8) is 0 Å². The molecule has 0 bridgehead atoms. The fourth-order valence-corrected chi connectivity index (χ4v) is 11.6. The molecule has 9 aromatic carbocycles. The predicted octanol–water partition coefficient (Wildman–Crippen LogP) is 17.9. The van der Waals surface area contributed by atoms with Crippen molar-refractivity contribution < 1.29 is 0 Å². The van der Waals surface area contributed by atoms with Crippen LogP contribution in [0.1, 0.15) is 50.1 Å². The molecule has 0 atom stereocenters. The minimum atomic E-state index is 0.595. The van der Waals surface area contributed by atoms with Crippen LogP contribution in [0.15, 0.2) is 182 Å². The lowest BCUT2D eigenvalue weighted by molar-refractivity contribution is 1.09. The number of benzene rings is 9. The summed E-state index contributed by atoms with van der Waals surface area (Å²) in [6.07, 6.45) is 4.02. The van der Waals surface area contributed by atoms with Gasteiger partial charge >= 0.3 is 0 Å². The number of rotatable bonds is 7. The van der Waals surface area contributed by atoms with E-state index in [2.05, 4.69) is 222 Å². The molecular weight excluding hydrogens is 873 g/mol. The van der Waals surface area contributed by atoms with Crippen LogP contribution < -0.4 is 0 Å². The van der Waals surface area contributed by atoms with Crippen LogP contribution in [0.4, 0.5) is 0 Å². The van der Waals surface area contributed by atoms with Gasteiger partial charge in [0.2, 0.25) is 0 Å². The van der Waals surface area contributed by atoms with Gasteiger partial charge in [-0.25, -0.2) is 0 Å². The average molecular weight is 927 g/mol. The average Bonchev–Trinajstić information content (AvgIpc) is 3.87. The lowest BCUT2D eigenvalue weighted by Gasteiger charge is -2.20. The van der Waals surface area contributed by atoms with Crippen LogP contribution in [-0.2, 0) is 0 Å². The Hall–Kier alpha value is -8.78. The van der Waals surface area contributed by atoms with E-state index in [1.807, 2.05) is 30.6 Å². The lowest BCUT2D eigenvalue weighted by Crippen LogP contribution is -2.05. The molecule has 0 amide bonds. The highest BCUT2D eigenvalue weighted by Crippen LogP contribution is 2.45. The SMILES string of the molecule is Cc1ccc(-c2ccc3c(c2)c2cc(-c4ccc(C)cc4C)ccc2n3-c2cncc(-n3c4ccc(-c5ccc(C)cc5C)cc4c4cc(-c5ccc(C)cc5C)ccc43)c2-c2cccc(C#N)c2)c(C)c1. The molecule has 12 aromatic rings. The van der Waals surface area contributed by atoms with Crippen LogP contribution in [0.3, 0.4) is 0 Å². The first-order valence-electron chi connectivity index (χ1n) is 24.9. The first-order valence-corrected chi connectivity index (χ1v) is 24.9. The smallest absolute Gasteiger partial charge is 0.0991 e. The molecule has 72 heavy (non-hydrogen) atoms. The minimum absolute atomic E-state index is 0.595. The van der Waals surface area contributed by atoms with Crippen LogP contribution in [0.5, 0.6) is 0 Å². The van der Waals surface area contributed by atoms with Gasteiger partial charge in [0.15, 0.2) is 0 Å². The summed E-state index contributed by atoms with van der Waals surface area (Å²) in [6.45, 7) is 17.4.